The number of hydrogen-bond donors (Lipinski definition) is 0. The quantitative estimate of drug-likeness (QED) is 0.298. The van der Waals surface area contributed by atoms with E-state index in [4.69, 9.17) is 69.3 Å². The van der Waals surface area contributed by atoms with Crippen molar-refractivity contribution in [1.82, 2.24) is 0 Å². The van der Waals surface area contributed by atoms with E-state index in [-0.39, 0.29) is 28.3 Å². The summed E-state index contributed by atoms with van der Waals surface area (Å²) in [6.45, 7) is 6.81. The van der Waals surface area contributed by atoms with Gasteiger partial charge in [-0.05, 0) is 48.5 Å². The van der Waals surface area contributed by atoms with Gasteiger partial charge in [0.05, 0.1) is 0 Å². The molecular weight excluding hydrogens is 447 g/mol. The van der Waals surface area contributed by atoms with Crippen LogP contribution in [0.15, 0.2) is 0 Å². The molecule has 168 valence electrons. The van der Waals surface area contributed by atoms with Crippen LogP contribution in [0.1, 0.15) is 48.5 Å². The first-order valence-electron chi connectivity index (χ1n) is 6.36. The van der Waals surface area contributed by atoms with Gasteiger partial charge in [0.1, 0.15) is 0 Å². The summed E-state index contributed by atoms with van der Waals surface area (Å²) in [7, 11) is 0. The van der Waals surface area contributed by atoms with Crippen molar-refractivity contribution in [2.24, 2.45) is 0 Å². The summed E-state index contributed by atoms with van der Waals surface area (Å²) in [6.07, 6.45) is 0. The van der Waals surface area contributed by atoms with E-state index in [0.29, 0.717) is 0 Å². The Morgan fingerprint density at radius 2 is 0.333 bits per heavy atom. The Morgan fingerprint density at radius 1 is 0.333 bits per heavy atom. The number of carbonyl (C=O) groups excluding carboxylic acids is 7. The molecule has 0 saturated heterocycles. The van der Waals surface area contributed by atoms with Crippen molar-refractivity contribution < 1.29 is 69.3 Å². The van der Waals surface area contributed by atoms with Gasteiger partial charge in [0, 0.05) is 41.8 Å². The summed E-state index contributed by atoms with van der Waals surface area (Å²) in [5.41, 5.74) is 0. The van der Waals surface area contributed by atoms with E-state index in [0.717, 1.165) is 48.5 Å². The van der Waals surface area contributed by atoms with Gasteiger partial charge in [-0.1, -0.05) is 0 Å². The third kappa shape index (κ3) is 1650. The SMILES string of the molecule is CC(=O)[O-].CC(=O)[O-].CC(=O)[O-].CC(=O)[O-].CC(=O)[O-].CC(=O)[O-].CC(=O)[O-].[Al+3].[Si+4]. The second-order valence-electron chi connectivity index (χ2n) is 3.44. The van der Waals surface area contributed by atoms with Gasteiger partial charge < -0.3 is 69.3 Å². The zero-order chi connectivity index (χ0) is 25.0. The van der Waals surface area contributed by atoms with Crippen molar-refractivity contribution in [2.75, 3.05) is 0 Å². The smallest absolute Gasteiger partial charge is 0.550 e. The van der Waals surface area contributed by atoms with Crippen LogP contribution in [0, 0.1) is 0 Å². The van der Waals surface area contributed by atoms with Crippen molar-refractivity contribution in [3.05, 3.63) is 0 Å². The molecule has 30 heavy (non-hydrogen) atoms. The van der Waals surface area contributed by atoms with Crippen LogP contribution >= 0.6 is 0 Å². The molecule has 0 fully saturated rings. The Bertz CT molecular complexity index is 320. The van der Waals surface area contributed by atoms with Gasteiger partial charge in [0.25, 0.3) is 0 Å². The number of rotatable bonds is 0. The van der Waals surface area contributed by atoms with Gasteiger partial charge >= 0.3 is 28.3 Å². The topological polar surface area (TPSA) is 281 Å². The number of carboxylic acid groups (broad SMARTS) is 7. The predicted octanol–water partition coefficient (Wildman–Crippen LogP) is -9.47. The molecule has 0 saturated carbocycles. The minimum absolute atomic E-state index is 0. The van der Waals surface area contributed by atoms with Crippen LogP contribution in [0.5, 0.6) is 0 Å². The molecule has 0 aromatic rings. The summed E-state index contributed by atoms with van der Waals surface area (Å²) in [4.78, 5) is 62.2. The number of aliphatic carboxylic acids is 7. The Morgan fingerprint density at radius 3 is 0.333 bits per heavy atom. The molecule has 0 aromatic heterocycles. The Labute approximate surface area is 188 Å². The van der Waals surface area contributed by atoms with E-state index in [1.807, 2.05) is 0 Å². The third-order valence-corrected chi connectivity index (χ3v) is 0. The molecule has 0 heterocycles. The Balaban J connectivity index is -0.0000000242. The molecule has 0 rings (SSSR count). The summed E-state index contributed by atoms with van der Waals surface area (Å²) in [5, 5.41) is 62.2. The largest absolute Gasteiger partial charge is 4.00 e. The molecule has 14 nitrogen and oxygen atoms in total. The van der Waals surface area contributed by atoms with Gasteiger partial charge in [0.2, 0.25) is 0 Å². The van der Waals surface area contributed by atoms with E-state index in [1.54, 1.807) is 0 Å². The first-order chi connectivity index (χ1) is 12.1. The molecule has 0 aromatic carbocycles. The van der Waals surface area contributed by atoms with Crippen LogP contribution in [0.2, 0.25) is 0 Å². The van der Waals surface area contributed by atoms with Crippen molar-refractivity contribution in [3.8, 4) is 0 Å². The molecule has 0 bridgehead atoms. The summed E-state index contributed by atoms with van der Waals surface area (Å²) >= 11 is 0. The molecule has 0 aliphatic rings. The van der Waals surface area contributed by atoms with E-state index < -0.39 is 41.8 Å². The molecule has 0 aliphatic heterocycles. The predicted molar refractivity (Wildman–Crippen MR) is 86.3 cm³/mol. The van der Waals surface area contributed by atoms with Crippen LogP contribution < -0.4 is 35.7 Å². The van der Waals surface area contributed by atoms with Crippen molar-refractivity contribution >= 4 is 70.1 Å². The van der Waals surface area contributed by atoms with Crippen molar-refractivity contribution in [2.45, 2.75) is 48.5 Å². The maximum atomic E-state index is 8.89. The van der Waals surface area contributed by atoms with Gasteiger partial charge in [-0.2, -0.15) is 0 Å². The van der Waals surface area contributed by atoms with E-state index in [2.05, 4.69) is 0 Å². The number of carbonyl (C=O) groups is 7. The van der Waals surface area contributed by atoms with Gasteiger partial charge in [-0.3, -0.25) is 0 Å². The fraction of sp³-hybridized carbons (Fsp3) is 0.500. The van der Waals surface area contributed by atoms with Gasteiger partial charge in [-0.15, -0.1) is 0 Å². The third-order valence-electron chi connectivity index (χ3n) is 0. The maximum absolute atomic E-state index is 8.89. The Hall–Kier alpha value is -2.96. The van der Waals surface area contributed by atoms with E-state index in [9.17, 15) is 0 Å². The van der Waals surface area contributed by atoms with Crippen LogP contribution in [0.25, 0.3) is 0 Å². The molecular formula is C14H21AlO14Si. The minimum atomic E-state index is -1.08. The molecule has 0 amide bonds. The normalized spacial score (nSPS) is 5.83. The van der Waals surface area contributed by atoms with Crippen molar-refractivity contribution in [1.29, 1.82) is 0 Å². The second-order valence-corrected chi connectivity index (χ2v) is 3.44. The fourth-order valence-corrected chi connectivity index (χ4v) is 0. The molecule has 0 N–H and O–H groups in total. The summed E-state index contributed by atoms with van der Waals surface area (Å²) < 4.78 is 0. The molecule has 0 atom stereocenters. The number of hydrogen-bond acceptors (Lipinski definition) is 14. The van der Waals surface area contributed by atoms with Gasteiger partial charge in [0.15, 0.2) is 0 Å². The van der Waals surface area contributed by atoms with Crippen LogP contribution in [0.3, 0.4) is 0 Å². The Kier molecular flexibility index (Phi) is 94.2. The zero-order valence-corrected chi connectivity index (χ0v) is 19.4. The van der Waals surface area contributed by atoms with Crippen molar-refractivity contribution in [3.63, 3.8) is 0 Å². The number of carboxylic acids is 7. The summed E-state index contributed by atoms with van der Waals surface area (Å²) in [6, 6.07) is 0. The molecule has 0 radical (unpaired) electrons. The first-order valence-corrected chi connectivity index (χ1v) is 6.36. The van der Waals surface area contributed by atoms with Crippen LogP contribution in [0.4, 0.5) is 0 Å². The average Bonchev–Trinajstić information content (AvgIpc) is 2.20. The average molecular weight is 468 g/mol. The molecule has 0 aliphatic carbocycles. The van der Waals surface area contributed by atoms with E-state index in [1.165, 1.54) is 0 Å². The minimum Gasteiger partial charge on any atom is -0.550 e. The monoisotopic (exact) mass is 468 g/mol. The molecule has 16 heteroatoms. The van der Waals surface area contributed by atoms with Gasteiger partial charge in [-0.25, -0.2) is 0 Å². The maximum Gasteiger partial charge on any atom is 4.00 e. The summed E-state index contributed by atoms with van der Waals surface area (Å²) in [5.74, 6) is -7.58. The van der Waals surface area contributed by atoms with E-state index >= 15 is 0 Å². The van der Waals surface area contributed by atoms with Crippen LogP contribution in [-0.2, 0) is 33.6 Å². The first kappa shape index (κ1) is 56.3. The molecule has 0 unspecified atom stereocenters. The standard InChI is InChI=1S/7C2H4O2.Al.Si/c7*1-2(3)4;;/h7*1H3,(H,3,4);;/q;;;;;;;+3;+4/p-7. The fourth-order valence-electron chi connectivity index (χ4n) is 0. The second kappa shape index (κ2) is 50.2. The van der Waals surface area contributed by atoms with Crippen LogP contribution in [-0.4, -0.2) is 70.1 Å². The zero-order valence-electron chi connectivity index (χ0n) is 17.3. The molecule has 0 spiro atoms.